The van der Waals surface area contributed by atoms with E-state index in [-0.39, 0.29) is 0 Å². The molecular formula is C29H29F3N2O3. The molecule has 2 aliphatic rings. The molecule has 2 aromatic carbocycles. The first kappa shape index (κ1) is 25.3. The van der Waals surface area contributed by atoms with Crippen LogP contribution < -0.4 is 9.47 Å². The molecule has 3 heterocycles. The molecule has 37 heavy (non-hydrogen) atoms. The lowest BCUT2D eigenvalue weighted by Gasteiger charge is -2.38. The Kier molecular flexibility index (Phi) is 6.96. The second kappa shape index (κ2) is 10.2. The predicted molar refractivity (Wildman–Crippen MR) is 135 cm³/mol. The molecule has 0 unspecified atom stereocenters. The van der Waals surface area contributed by atoms with E-state index in [1.54, 1.807) is 13.3 Å². The summed E-state index contributed by atoms with van der Waals surface area (Å²) in [5, 5.41) is 11.1. The monoisotopic (exact) mass is 510 g/mol. The Hall–Kier alpha value is -3.36. The molecule has 0 aliphatic carbocycles. The third-order valence-corrected chi connectivity index (χ3v) is 7.27. The van der Waals surface area contributed by atoms with E-state index in [1.807, 2.05) is 30.3 Å². The fraction of sp³-hybridized carbons (Fsp3) is 0.345. The second-order valence-corrected chi connectivity index (χ2v) is 9.54. The van der Waals surface area contributed by atoms with Crippen LogP contribution >= 0.6 is 0 Å². The van der Waals surface area contributed by atoms with Crippen LogP contribution in [0.1, 0.15) is 41.5 Å². The lowest BCUT2D eigenvalue weighted by atomic mass is 9.84. The highest BCUT2D eigenvalue weighted by Crippen LogP contribution is 2.41. The number of hydrogen-bond acceptors (Lipinski definition) is 5. The van der Waals surface area contributed by atoms with Crippen molar-refractivity contribution in [1.82, 2.24) is 9.88 Å². The Bertz CT molecular complexity index is 1280. The number of hydrogen-bond donors (Lipinski definition) is 1. The van der Waals surface area contributed by atoms with Gasteiger partial charge in [-0.2, -0.15) is 13.2 Å². The van der Waals surface area contributed by atoms with Gasteiger partial charge in [0, 0.05) is 43.4 Å². The van der Waals surface area contributed by atoms with Gasteiger partial charge in [0.25, 0.3) is 0 Å². The van der Waals surface area contributed by atoms with E-state index < -0.39 is 17.3 Å². The molecule has 0 radical (unpaired) electrons. The molecule has 194 valence electrons. The van der Waals surface area contributed by atoms with Gasteiger partial charge in [0.2, 0.25) is 5.88 Å². The first-order valence-electron chi connectivity index (χ1n) is 12.4. The number of alkyl halides is 3. The highest BCUT2D eigenvalue weighted by atomic mass is 19.4. The Morgan fingerprint density at radius 1 is 1.08 bits per heavy atom. The predicted octanol–water partition coefficient (Wildman–Crippen LogP) is 6.21. The van der Waals surface area contributed by atoms with Crippen LogP contribution in [0.5, 0.6) is 17.4 Å². The van der Waals surface area contributed by atoms with E-state index in [1.165, 1.54) is 12.1 Å². The van der Waals surface area contributed by atoms with Gasteiger partial charge in [-0.1, -0.05) is 24.3 Å². The lowest BCUT2D eigenvalue weighted by molar-refractivity contribution is -0.137. The number of aromatic nitrogens is 1. The van der Waals surface area contributed by atoms with Crippen molar-refractivity contribution >= 4 is 5.57 Å². The summed E-state index contributed by atoms with van der Waals surface area (Å²) in [5.74, 6) is 2.08. The first-order valence-corrected chi connectivity index (χ1v) is 12.4. The average Bonchev–Trinajstić information content (AvgIpc) is 3.06. The number of piperidine rings is 1. The Morgan fingerprint density at radius 2 is 1.84 bits per heavy atom. The summed E-state index contributed by atoms with van der Waals surface area (Å²) in [6, 6.07) is 14.5. The standard InChI is InChI=1S/C29H29F3N2O3/c1-36-25-7-2-8-26-24(25)19-20(23-6-3-15-33-27(23)37-26)5-4-16-34-17-13-28(35,14-18-34)21-9-11-22(12-10-21)29(30,31)32/h2-3,5-12,15,35H,4,13-14,16-19H2,1H3/b20-5-. The number of ether oxygens (including phenoxy) is 2. The first-order chi connectivity index (χ1) is 17.8. The van der Waals surface area contributed by atoms with Crippen LogP contribution in [0.2, 0.25) is 0 Å². The third kappa shape index (κ3) is 5.36. The van der Waals surface area contributed by atoms with Gasteiger partial charge in [-0.15, -0.1) is 0 Å². The van der Waals surface area contributed by atoms with Crippen LogP contribution in [0.4, 0.5) is 13.2 Å². The third-order valence-electron chi connectivity index (χ3n) is 7.27. The highest BCUT2D eigenvalue weighted by molar-refractivity contribution is 5.74. The van der Waals surface area contributed by atoms with Crippen LogP contribution in [0, 0.1) is 0 Å². The van der Waals surface area contributed by atoms with Gasteiger partial charge >= 0.3 is 6.18 Å². The van der Waals surface area contributed by atoms with Crippen LogP contribution in [0.25, 0.3) is 5.57 Å². The maximum atomic E-state index is 12.9. The van der Waals surface area contributed by atoms with Crippen molar-refractivity contribution in [2.24, 2.45) is 0 Å². The van der Waals surface area contributed by atoms with E-state index in [0.717, 1.165) is 53.3 Å². The minimum Gasteiger partial charge on any atom is -0.496 e. The van der Waals surface area contributed by atoms with Gasteiger partial charge in [0.05, 0.1) is 18.3 Å². The molecule has 0 spiro atoms. The molecular weight excluding hydrogens is 481 g/mol. The summed E-state index contributed by atoms with van der Waals surface area (Å²) in [6.45, 7) is 2.14. The van der Waals surface area contributed by atoms with Gasteiger partial charge in [-0.05, 0) is 66.8 Å². The zero-order chi connectivity index (χ0) is 26.0. The number of methoxy groups -OCH3 is 1. The minimum atomic E-state index is -4.38. The summed E-state index contributed by atoms with van der Waals surface area (Å²) in [4.78, 5) is 6.72. The van der Waals surface area contributed by atoms with E-state index in [0.29, 0.717) is 43.8 Å². The molecule has 1 saturated heterocycles. The summed E-state index contributed by atoms with van der Waals surface area (Å²) >= 11 is 0. The smallest absolute Gasteiger partial charge is 0.416 e. The summed E-state index contributed by atoms with van der Waals surface area (Å²) in [6.07, 6.45) is 1.94. The van der Waals surface area contributed by atoms with Crippen molar-refractivity contribution in [2.75, 3.05) is 26.7 Å². The van der Waals surface area contributed by atoms with Gasteiger partial charge in [0.1, 0.15) is 11.5 Å². The van der Waals surface area contributed by atoms with E-state index in [2.05, 4.69) is 16.0 Å². The minimum absolute atomic E-state index is 0.472. The molecule has 1 fully saturated rings. The molecule has 5 nitrogen and oxygen atoms in total. The Morgan fingerprint density at radius 3 is 2.54 bits per heavy atom. The molecule has 8 heteroatoms. The lowest BCUT2D eigenvalue weighted by Crippen LogP contribution is -2.42. The number of benzene rings is 2. The molecule has 2 aliphatic heterocycles. The quantitative estimate of drug-likeness (QED) is 0.442. The largest absolute Gasteiger partial charge is 0.496 e. The maximum Gasteiger partial charge on any atom is 0.416 e. The van der Waals surface area contributed by atoms with Crippen molar-refractivity contribution in [2.45, 2.75) is 37.5 Å². The Balaban J connectivity index is 1.25. The molecule has 0 saturated carbocycles. The summed E-state index contributed by atoms with van der Waals surface area (Å²) in [7, 11) is 1.65. The molecule has 1 aromatic heterocycles. The number of fused-ring (bicyclic) bond motifs is 2. The maximum absolute atomic E-state index is 12.9. The SMILES string of the molecule is COc1cccc2c1C/C(=C/CCN1CCC(O)(c3ccc(C(F)(F)F)cc3)CC1)c1cccnc1O2. The van der Waals surface area contributed by atoms with E-state index in [9.17, 15) is 18.3 Å². The van der Waals surface area contributed by atoms with Crippen LogP contribution in [-0.2, 0) is 18.2 Å². The van der Waals surface area contributed by atoms with Crippen molar-refractivity contribution in [1.29, 1.82) is 0 Å². The topological polar surface area (TPSA) is 54.8 Å². The molecule has 0 bridgehead atoms. The highest BCUT2D eigenvalue weighted by Gasteiger charge is 2.35. The van der Waals surface area contributed by atoms with Gasteiger partial charge in [-0.25, -0.2) is 4.98 Å². The van der Waals surface area contributed by atoms with Crippen LogP contribution in [0.15, 0.2) is 66.9 Å². The van der Waals surface area contributed by atoms with E-state index >= 15 is 0 Å². The number of likely N-dealkylation sites (tertiary alicyclic amines) is 1. The van der Waals surface area contributed by atoms with Crippen molar-refractivity contribution in [3.05, 3.63) is 89.1 Å². The van der Waals surface area contributed by atoms with Crippen LogP contribution in [0.3, 0.4) is 0 Å². The number of pyridine rings is 1. The van der Waals surface area contributed by atoms with Gasteiger partial charge in [0.15, 0.2) is 0 Å². The number of allylic oxidation sites excluding steroid dienone is 1. The van der Waals surface area contributed by atoms with Crippen molar-refractivity contribution < 1.29 is 27.8 Å². The normalized spacial score (nSPS) is 18.5. The van der Waals surface area contributed by atoms with E-state index in [4.69, 9.17) is 9.47 Å². The fourth-order valence-electron chi connectivity index (χ4n) is 5.12. The van der Waals surface area contributed by atoms with Gasteiger partial charge in [-0.3, -0.25) is 0 Å². The number of rotatable bonds is 5. The second-order valence-electron chi connectivity index (χ2n) is 9.54. The van der Waals surface area contributed by atoms with Gasteiger partial charge < -0.3 is 19.5 Å². The summed E-state index contributed by atoms with van der Waals surface area (Å²) in [5.41, 5.74) is 1.78. The molecule has 5 rings (SSSR count). The number of nitrogens with zero attached hydrogens (tertiary/aromatic N) is 2. The Labute approximate surface area is 214 Å². The van der Waals surface area contributed by atoms with Crippen molar-refractivity contribution in [3.8, 4) is 17.4 Å². The molecule has 0 amide bonds. The fourth-order valence-corrected chi connectivity index (χ4v) is 5.12. The molecule has 3 aromatic rings. The average molecular weight is 511 g/mol. The zero-order valence-corrected chi connectivity index (χ0v) is 20.6. The molecule has 0 atom stereocenters. The zero-order valence-electron chi connectivity index (χ0n) is 20.6. The van der Waals surface area contributed by atoms with Crippen molar-refractivity contribution in [3.63, 3.8) is 0 Å². The van der Waals surface area contributed by atoms with Crippen LogP contribution in [-0.4, -0.2) is 41.7 Å². The summed E-state index contributed by atoms with van der Waals surface area (Å²) < 4.78 is 50.4. The molecule has 1 N–H and O–H groups in total. The number of aliphatic hydroxyl groups is 1. The number of halogens is 3.